The molecule has 0 bridgehead atoms. The molecular formula is C29H58O2. The van der Waals surface area contributed by atoms with Crippen LogP contribution in [0.25, 0.3) is 0 Å². The van der Waals surface area contributed by atoms with Crippen LogP contribution in [0.15, 0.2) is 0 Å². The lowest BCUT2D eigenvalue weighted by Gasteiger charge is -2.09. The minimum Gasteiger partial charge on any atom is -0.385 e. The molecule has 0 rings (SSSR count). The van der Waals surface area contributed by atoms with E-state index in [0.29, 0.717) is 12.8 Å². The highest BCUT2D eigenvalue weighted by atomic mass is 16.3. The minimum absolute atomic E-state index is 0.0824. The first-order valence-electron chi connectivity index (χ1n) is 14.4. The second-order valence-electron chi connectivity index (χ2n) is 9.95. The Kier molecular flexibility index (Phi) is 25.6. The summed E-state index contributed by atoms with van der Waals surface area (Å²) >= 11 is 0. The minimum atomic E-state index is -0.703. The van der Waals surface area contributed by atoms with Crippen LogP contribution in [-0.4, -0.2) is 17.0 Å². The van der Waals surface area contributed by atoms with Gasteiger partial charge in [-0.25, -0.2) is 0 Å². The van der Waals surface area contributed by atoms with E-state index in [2.05, 4.69) is 13.8 Å². The molecule has 0 aliphatic heterocycles. The van der Waals surface area contributed by atoms with E-state index in [1.807, 2.05) is 0 Å². The molecule has 186 valence electrons. The van der Waals surface area contributed by atoms with Crippen molar-refractivity contribution in [1.82, 2.24) is 0 Å². The van der Waals surface area contributed by atoms with Crippen molar-refractivity contribution in [2.45, 2.75) is 180 Å². The van der Waals surface area contributed by atoms with Crippen LogP contribution in [0.3, 0.4) is 0 Å². The van der Waals surface area contributed by atoms with Crippen molar-refractivity contribution in [1.29, 1.82) is 0 Å². The van der Waals surface area contributed by atoms with Crippen LogP contribution in [0.5, 0.6) is 0 Å². The zero-order valence-electron chi connectivity index (χ0n) is 21.6. The van der Waals surface area contributed by atoms with Gasteiger partial charge in [0, 0.05) is 6.42 Å². The van der Waals surface area contributed by atoms with E-state index in [4.69, 9.17) is 0 Å². The summed E-state index contributed by atoms with van der Waals surface area (Å²) in [7, 11) is 0. The number of carbonyl (C=O) groups is 1. The van der Waals surface area contributed by atoms with Crippen LogP contribution >= 0.6 is 0 Å². The fourth-order valence-electron chi connectivity index (χ4n) is 4.47. The average Bonchev–Trinajstić information content (AvgIpc) is 2.77. The Hall–Kier alpha value is -0.370. The number of aliphatic hydroxyl groups excluding tert-OH is 1. The molecule has 0 aromatic carbocycles. The Morgan fingerprint density at radius 3 is 1.13 bits per heavy atom. The van der Waals surface area contributed by atoms with Gasteiger partial charge < -0.3 is 5.11 Å². The predicted molar refractivity (Wildman–Crippen MR) is 138 cm³/mol. The van der Waals surface area contributed by atoms with Gasteiger partial charge in [0.1, 0.15) is 6.10 Å². The second-order valence-corrected chi connectivity index (χ2v) is 9.95. The molecule has 0 radical (unpaired) electrons. The molecule has 0 aliphatic carbocycles. The molecule has 0 saturated carbocycles. The molecule has 1 N–H and O–H groups in total. The summed E-state index contributed by atoms with van der Waals surface area (Å²) in [5.41, 5.74) is 0. The fraction of sp³-hybridized carbons (Fsp3) is 0.966. The first-order valence-corrected chi connectivity index (χ1v) is 14.4. The first-order chi connectivity index (χ1) is 15.2. The smallest absolute Gasteiger partial charge is 0.161 e. The van der Waals surface area contributed by atoms with Gasteiger partial charge in [-0.1, -0.05) is 155 Å². The van der Waals surface area contributed by atoms with E-state index in [9.17, 15) is 9.90 Å². The summed E-state index contributed by atoms with van der Waals surface area (Å²) in [6.45, 7) is 4.54. The van der Waals surface area contributed by atoms with Gasteiger partial charge in [-0.05, 0) is 12.8 Å². The third-order valence-corrected chi connectivity index (χ3v) is 6.73. The topological polar surface area (TPSA) is 37.3 Å². The predicted octanol–water partition coefficient (Wildman–Crippen LogP) is 9.71. The highest BCUT2D eigenvalue weighted by Gasteiger charge is 2.13. The Bertz CT molecular complexity index is 353. The highest BCUT2D eigenvalue weighted by molar-refractivity contribution is 5.82. The second kappa shape index (κ2) is 25.9. The molecule has 1 atom stereocenters. The zero-order chi connectivity index (χ0) is 22.8. The fourth-order valence-corrected chi connectivity index (χ4v) is 4.47. The van der Waals surface area contributed by atoms with Crippen molar-refractivity contribution < 1.29 is 9.90 Å². The number of hydrogen-bond donors (Lipinski definition) is 1. The van der Waals surface area contributed by atoms with Gasteiger partial charge in [-0.15, -0.1) is 0 Å². The number of carbonyl (C=O) groups excluding carboxylic acids is 1. The van der Waals surface area contributed by atoms with Gasteiger partial charge in [0.2, 0.25) is 0 Å². The lowest BCUT2D eigenvalue weighted by Crippen LogP contribution is -2.19. The number of aliphatic hydroxyl groups is 1. The largest absolute Gasteiger partial charge is 0.385 e. The summed E-state index contributed by atoms with van der Waals surface area (Å²) in [5.74, 6) is 0.0824. The number of rotatable bonds is 26. The van der Waals surface area contributed by atoms with Crippen molar-refractivity contribution in [3.63, 3.8) is 0 Å². The van der Waals surface area contributed by atoms with Gasteiger partial charge in [-0.3, -0.25) is 4.79 Å². The molecule has 0 fully saturated rings. The monoisotopic (exact) mass is 438 g/mol. The van der Waals surface area contributed by atoms with E-state index < -0.39 is 6.10 Å². The average molecular weight is 439 g/mol. The molecule has 0 aromatic rings. The Morgan fingerprint density at radius 1 is 0.484 bits per heavy atom. The molecule has 0 spiro atoms. The van der Waals surface area contributed by atoms with Crippen molar-refractivity contribution in [2.24, 2.45) is 0 Å². The van der Waals surface area contributed by atoms with Crippen LogP contribution in [0.4, 0.5) is 0 Å². The van der Waals surface area contributed by atoms with Crippen LogP contribution in [0.1, 0.15) is 174 Å². The van der Waals surface area contributed by atoms with Gasteiger partial charge in [0.05, 0.1) is 0 Å². The standard InChI is InChI=1S/C29H58O2/c1-3-5-7-9-11-13-15-17-19-21-23-25-27-29(31)28(30)26-24-22-20-18-16-14-12-10-8-6-4-2/h29,31H,3-27H2,1-2H3. The highest BCUT2D eigenvalue weighted by Crippen LogP contribution is 2.15. The molecule has 1 unspecified atom stereocenters. The summed E-state index contributed by atoms with van der Waals surface area (Å²) in [6, 6.07) is 0. The SMILES string of the molecule is CCCCCCCCCCCCCCC(O)C(=O)CCCCCCCCCCCCC. The molecule has 0 aromatic heterocycles. The van der Waals surface area contributed by atoms with Crippen molar-refractivity contribution in [3.8, 4) is 0 Å². The molecule has 0 saturated heterocycles. The van der Waals surface area contributed by atoms with Crippen LogP contribution in [0.2, 0.25) is 0 Å². The molecule has 0 heterocycles. The number of unbranched alkanes of at least 4 members (excludes halogenated alkanes) is 21. The number of Topliss-reactive ketones (excluding diaryl/α,β-unsaturated/α-hetero) is 1. The van der Waals surface area contributed by atoms with E-state index in [-0.39, 0.29) is 5.78 Å². The van der Waals surface area contributed by atoms with Gasteiger partial charge >= 0.3 is 0 Å². The maximum absolute atomic E-state index is 12.1. The summed E-state index contributed by atoms with van der Waals surface area (Å²) in [6.07, 6.45) is 30.7. The lowest BCUT2D eigenvalue weighted by atomic mass is 10.00. The van der Waals surface area contributed by atoms with Crippen LogP contribution in [0, 0.1) is 0 Å². The third kappa shape index (κ3) is 24.1. The van der Waals surface area contributed by atoms with Crippen molar-refractivity contribution in [2.75, 3.05) is 0 Å². The Morgan fingerprint density at radius 2 is 0.774 bits per heavy atom. The first kappa shape index (κ1) is 30.6. The third-order valence-electron chi connectivity index (χ3n) is 6.73. The molecule has 2 nitrogen and oxygen atoms in total. The number of hydrogen-bond acceptors (Lipinski definition) is 2. The normalized spacial score (nSPS) is 12.4. The maximum atomic E-state index is 12.1. The number of ketones is 1. The Balaban J connectivity index is 3.30. The van der Waals surface area contributed by atoms with Gasteiger partial charge in [-0.2, -0.15) is 0 Å². The summed E-state index contributed by atoms with van der Waals surface area (Å²) < 4.78 is 0. The Labute approximate surface area is 196 Å². The molecule has 0 amide bonds. The van der Waals surface area contributed by atoms with Crippen molar-refractivity contribution in [3.05, 3.63) is 0 Å². The molecular weight excluding hydrogens is 380 g/mol. The van der Waals surface area contributed by atoms with Crippen LogP contribution in [-0.2, 0) is 4.79 Å². The quantitative estimate of drug-likeness (QED) is 0.136. The summed E-state index contributed by atoms with van der Waals surface area (Å²) in [4.78, 5) is 12.1. The lowest BCUT2D eigenvalue weighted by molar-refractivity contribution is -0.127. The van der Waals surface area contributed by atoms with E-state index in [1.165, 1.54) is 128 Å². The van der Waals surface area contributed by atoms with E-state index >= 15 is 0 Å². The van der Waals surface area contributed by atoms with Gasteiger partial charge in [0.15, 0.2) is 5.78 Å². The van der Waals surface area contributed by atoms with E-state index in [0.717, 1.165) is 19.3 Å². The van der Waals surface area contributed by atoms with Gasteiger partial charge in [0.25, 0.3) is 0 Å². The molecule has 31 heavy (non-hydrogen) atoms. The van der Waals surface area contributed by atoms with Crippen molar-refractivity contribution >= 4 is 5.78 Å². The molecule has 2 heteroatoms. The summed E-state index contributed by atoms with van der Waals surface area (Å²) in [5, 5.41) is 10.1. The molecule has 0 aliphatic rings. The van der Waals surface area contributed by atoms with E-state index in [1.54, 1.807) is 0 Å². The van der Waals surface area contributed by atoms with Crippen LogP contribution < -0.4 is 0 Å². The zero-order valence-corrected chi connectivity index (χ0v) is 21.6. The maximum Gasteiger partial charge on any atom is 0.161 e.